The largest absolute Gasteiger partial charge is 0.322 e. The zero-order chi connectivity index (χ0) is 14.7. The molecule has 0 saturated carbocycles. The lowest BCUT2D eigenvalue weighted by Crippen LogP contribution is -2.18. The lowest BCUT2D eigenvalue weighted by atomic mass is 10.0. The van der Waals surface area contributed by atoms with Crippen molar-refractivity contribution in [1.82, 2.24) is 9.78 Å². The van der Waals surface area contributed by atoms with Gasteiger partial charge in [0.1, 0.15) is 0 Å². The van der Waals surface area contributed by atoms with Crippen LogP contribution in [-0.2, 0) is 6.54 Å². The molecule has 21 heavy (non-hydrogen) atoms. The van der Waals surface area contributed by atoms with E-state index in [9.17, 15) is 0 Å². The summed E-state index contributed by atoms with van der Waals surface area (Å²) in [5.74, 6) is 0. The number of nitrogens with two attached hydrogens (primary N) is 1. The van der Waals surface area contributed by atoms with Crippen molar-refractivity contribution in [1.29, 1.82) is 0 Å². The second-order valence-electron chi connectivity index (χ2n) is 5.28. The average molecular weight is 277 g/mol. The lowest BCUT2D eigenvalue weighted by molar-refractivity contribution is 0.526. The summed E-state index contributed by atoms with van der Waals surface area (Å²) in [6.07, 6.45) is 3.94. The lowest BCUT2D eigenvalue weighted by Gasteiger charge is -2.14. The van der Waals surface area contributed by atoms with E-state index < -0.39 is 0 Å². The number of rotatable bonds is 4. The van der Waals surface area contributed by atoms with Crippen LogP contribution in [0.1, 0.15) is 17.2 Å². The average Bonchev–Trinajstić information content (AvgIpc) is 2.97. The highest BCUT2D eigenvalue weighted by atomic mass is 15.3. The van der Waals surface area contributed by atoms with Crippen molar-refractivity contribution in [2.45, 2.75) is 19.5 Å². The number of aryl methyl sites for hydroxylation is 1. The Kier molecular flexibility index (Phi) is 3.84. The van der Waals surface area contributed by atoms with E-state index in [-0.39, 0.29) is 6.04 Å². The molecule has 0 bridgehead atoms. The molecule has 0 fully saturated rings. The number of nitrogens with zero attached hydrogens (tertiary/aromatic N) is 2. The van der Waals surface area contributed by atoms with E-state index in [0.717, 1.165) is 5.56 Å². The molecular formula is C18H19N3. The van der Waals surface area contributed by atoms with Gasteiger partial charge in [0.2, 0.25) is 0 Å². The van der Waals surface area contributed by atoms with Gasteiger partial charge in [-0.2, -0.15) is 5.10 Å². The minimum Gasteiger partial charge on any atom is -0.322 e. The molecule has 2 N–H and O–H groups in total. The van der Waals surface area contributed by atoms with Crippen molar-refractivity contribution in [2.75, 3.05) is 0 Å². The van der Waals surface area contributed by atoms with Gasteiger partial charge in [0.15, 0.2) is 0 Å². The molecule has 106 valence electrons. The minimum atomic E-state index is -0.0466. The van der Waals surface area contributed by atoms with Gasteiger partial charge in [-0.3, -0.25) is 4.68 Å². The quantitative estimate of drug-likeness (QED) is 0.792. The molecule has 3 aromatic rings. The van der Waals surface area contributed by atoms with Crippen molar-refractivity contribution < 1.29 is 0 Å². The first-order valence-corrected chi connectivity index (χ1v) is 7.13. The predicted octanol–water partition coefficient (Wildman–Crippen LogP) is 3.56. The smallest absolute Gasteiger partial charge is 0.0602 e. The highest BCUT2D eigenvalue weighted by Gasteiger charge is 2.10. The van der Waals surface area contributed by atoms with Gasteiger partial charge < -0.3 is 5.73 Å². The van der Waals surface area contributed by atoms with Crippen LogP contribution in [-0.4, -0.2) is 9.78 Å². The van der Waals surface area contributed by atoms with E-state index in [4.69, 9.17) is 5.73 Å². The van der Waals surface area contributed by atoms with Crippen LogP contribution in [0, 0.1) is 6.92 Å². The summed E-state index contributed by atoms with van der Waals surface area (Å²) in [6, 6.07) is 18.4. The second kappa shape index (κ2) is 5.94. The standard InChI is InChI=1S/C18H19N3/c1-14-7-5-6-10-17(14)18(19)13-21-12-16(11-20-21)15-8-3-2-4-9-15/h2-12,18H,13,19H2,1H3. The second-order valence-corrected chi connectivity index (χ2v) is 5.28. The summed E-state index contributed by atoms with van der Waals surface area (Å²) < 4.78 is 1.92. The van der Waals surface area contributed by atoms with Crippen LogP contribution >= 0.6 is 0 Å². The van der Waals surface area contributed by atoms with E-state index in [2.05, 4.69) is 36.3 Å². The predicted molar refractivity (Wildman–Crippen MR) is 85.8 cm³/mol. The first kappa shape index (κ1) is 13.6. The number of hydrogen-bond acceptors (Lipinski definition) is 2. The molecule has 3 nitrogen and oxygen atoms in total. The fraction of sp³-hybridized carbons (Fsp3) is 0.167. The van der Waals surface area contributed by atoms with Gasteiger partial charge >= 0.3 is 0 Å². The normalized spacial score (nSPS) is 12.3. The van der Waals surface area contributed by atoms with Crippen LogP contribution in [0.3, 0.4) is 0 Å². The fourth-order valence-electron chi connectivity index (χ4n) is 2.55. The van der Waals surface area contributed by atoms with Crippen molar-refractivity contribution in [3.63, 3.8) is 0 Å². The van der Waals surface area contributed by atoms with E-state index in [0.29, 0.717) is 6.54 Å². The molecule has 3 heteroatoms. The van der Waals surface area contributed by atoms with Crippen molar-refractivity contribution in [3.8, 4) is 11.1 Å². The van der Waals surface area contributed by atoms with Crippen LogP contribution in [0.2, 0.25) is 0 Å². The Bertz CT molecular complexity index is 716. The Morgan fingerprint density at radius 1 is 1.00 bits per heavy atom. The van der Waals surface area contributed by atoms with Crippen molar-refractivity contribution in [3.05, 3.63) is 78.1 Å². The molecule has 1 aromatic heterocycles. The third-order valence-corrected chi connectivity index (χ3v) is 3.71. The molecular weight excluding hydrogens is 258 g/mol. The zero-order valence-electron chi connectivity index (χ0n) is 12.1. The third kappa shape index (κ3) is 3.03. The number of hydrogen-bond donors (Lipinski definition) is 1. The summed E-state index contributed by atoms with van der Waals surface area (Å²) >= 11 is 0. The summed E-state index contributed by atoms with van der Waals surface area (Å²) in [7, 11) is 0. The third-order valence-electron chi connectivity index (χ3n) is 3.71. The molecule has 3 rings (SSSR count). The van der Waals surface area contributed by atoms with Gasteiger partial charge in [-0.1, -0.05) is 54.6 Å². The summed E-state index contributed by atoms with van der Waals surface area (Å²) in [6.45, 7) is 2.77. The molecule has 1 atom stereocenters. The Morgan fingerprint density at radius 3 is 2.48 bits per heavy atom. The molecule has 0 aliphatic carbocycles. The molecule has 0 amide bonds. The number of aromatic nitrogens is 2. The SMILES string of the molecule is Cc1ccccc1C(N)Cn1cc(-c2ccccc2)cn1. The first-order valence-electron chi connectivity index (χ1n) is 7.13. The summed E-state index contributed by atoms with van der Waals surface area (Å²) in [5, 5.41) is 4.42. The molecule has 1 unspecified atom stereocenters. The van der Waals surface area contributed by atoms with Gasteiger partial charge in [-0.25, -0.2) is 0 Å². The molecule has 0 radical (unpaired) electrons. The maximum absolute atomic E-state index is 6.31. The Labute approximate surface area is 125 Å². The van der Waals surface area contributed by atoms with Crippen LogP contribution in [0.5, 0.6) is 0 Å². The Balaban J connectivity index is 1.77. The highest BCUT2D eigenvalue weighted by Crippen LogP contribution is 2.20. The molecule has 0 saturated heterocycles. The van der Waals surface area contributed by atoms with Gasteiger partial charge in [-0.15, -0.1) is 0 Å². The molecule has 0 aliphatic rings. The topological polar surface area (TPSA) is 43.8 Å². The van der Waals surface area contributed by atoms with Crippen LogP contribution in [0.4, 0.5) is 0 Å². The maximum atomic E-state index is 6.31. The molecule has 0 aliphatic heterocycles. The Hall–Kier alpha value is -2.39. The van der Waals surface area contributed by atoms with Crippen molar-refractivity contribution >= 4 is 0 Å². The van der Waals surface area contributed by atoms with Gasteiger partial charge in [0.05, 0.1) is 12.7 Å². The highest BCUT2D eigenvalue weighted by molar-refractivity contribution is 5.61. The zero-order valence-corrected chi connectivity index (χ0v) is 12.1. The van der Waals surface area contributed by atoms with Crippen LogP contribution in [0.25, 0.3) is 11.1 Å². The molecule has 0 spiro atoms. The fourth-order valence-corrected chi connectivity index (χ4v) is 2.55. The maximum Gasteiger partial charge on any atom is 0.0602 e. The van der Waals surface area contributed by atoms with Gasteiger partial charge in [-0.05, 0) is 23.6 Å². The first-order chi connectivity index (χ1) is 10.2. The van der Waals surface area contributed by atoms with E-state index >= 15 is 0 Å². The Morgan fingerprint density at radius 2 is 1.71 bits per heavy atom. The van der Waals surface area contributed by atoms with Crippen LogP contribution < -0.4 is 5.73 Å². The van der Waals surface area contributed by atoms with E-state index in [1.165, 1.54) is 16.7 Å². The molecule has 1 heterocycles. The van der Waals surface area contributed by atoms with E-state index in [1.54, 1.807) is 0 Å². The minimum absolute atomic E-state index is 0.0466. The summed E-state index contributed by atoms with van der Waals surface area (Å²) in [5.41, 5.74) is 11.0. The van der Waals surface area contributed by atoms with Gasteiger partial charge in [0.25, 0.3) is 0 Å². The van der Waals surface area contributed by atoms with Crippen LogP contribution in [0.15, 0.2) is 67.0 Å². The van der Waals surface area contributed by atoms with Crippen molar-refractivity contribution in [2.24, 2.45) is 5.73 Å². The number of benzene rings is 2. The van der Waals surface area contributed by atoms with Gasteiger partial charge in [0, 0.05) is 17.8 Å². The van der Waals surface area contributed by atoms with E-state index in [1.807, 2.05) is 47.4 Å². The monoisotopic (exact) mass is 277 g/mol. The molecule has 2 aromatic carbocycles. The summed E-state index contributed by atoms with van der Waals surface area (Å²) in [4.78, 5) is 0.